The Hall–Kier alpha value is -5.54. The molecule has 0 bridgehead atoms. The molecular formula is C29H49N9O13. The molecule has 5 amide bonds. The van der Waals surface area contributed by atoms with Crippen molar-refractivity contribution in [3.05, 3.63) is 0 Å². The Morgan fingerprint density at radius 3 is 1.45 bits per heavy atom. The van der Waals surface area contributed by atoms with Crippen LogP contribution < -0.4 is 43.8 Å². The Morgan fingerprint density at radius 1 is 0.569 bits per heavy atom. The average Bonchev–Trinajstić information content (AvgIpc) is 3.00. The highest BCUT2D eigenvalue weighted by atomic mass is 16.4. The van der Waals surface area contributed by atoms with E-state index in [9.17, 15) is 58.5 Å². The number of hydrogen-bond donors (Lipinski definition) is 12. The number of nitrogens with zero attached hydrogens (tertiary/aromatic N) is 1. The Morgan fingerprint density at radius 2 is 1.02 bits per heavy atom. The first-order chi connectivity index (χ1) is 23.6. The lowest BCUT2D eigenvalue weighted by atomic mass is 10.0. The van der Waals surface area contributed by atoms with Crippen molar-refractivity contribution in [2.75, 3.05) is 6.54 Å². The van der Waals surface area contributed by atoms with Crippen LogP contribution >= 0.6 is 0 Å². The van der Waals surface area contributed by atoms with Crippen LogP contribution in [0.15, 0.2) is 4.99 Å². The largest absolute Gasteiger partial charge is 0.481 e. The van der Waals surface area contributed by atoms with Crippen LogP contribution in [0.5, 0.6) is 0 Å². The number of carbonyl (C=O) groups excluding carboxylic acids is 5. The van der Waals surface area contributed by atoms with Gasteiger partial charge in [0.15, 0.2) is 5.96 Å². The number of carbonyl (C=O) groups is 9. The van der Waals surface area contributed by atoms with Crippen LogP contribution in [-0.4, -0.2) is 123 Å². The number of aliphatic imine (C=N–C) groups is 1. The lowest BCUT2D eigenvalue weighted by Crippen LogP contribution is -2.60. The SMILES string of the molecule is CC(C)[C@H](N)C(=O)N[C@@H](CCC(=O)O)C(=O)N[C@@H](CC(=O)O)C(=O)N[C@H](C(=O)N[C@@H](CC(=O)O)C(=O)N[C@@H](CCCN=C(N)N)C(=O)O)C(C)C. The molecule has 0 fully saturated rings. The van der Waals surface area contributed by atoms with Gasteiger partial charge in [-0.2, -0.15) is 0 Å². The van der Waals surface area contributed by atoms with Crippen molar-refractivity contribution in [1.82, 2.24) is 26.6 Å². The van der Waals surface area contributed by atoms with Crippen LogP contribution in [0, 0.1) is 11.8 Å². The topological polar surface area (TPSA) is 385 Å². The van der Waals surface area contributed by atoms with Gasteiger partial charge in [0.2, 0.25) is 29.5 Å². The molecule has 6 atom stereocenters. The predicted octanol–water partition coefficient (Wildman–Crippen LogP) is -4.00. The third-order valence-electron chi connectivity index (χ3n) is 7.13. The average molecular weight is 732 g/mol. The van der Waals surface area contributed by atoms with E-state index >= 15 is 0 Å². The summed E-state index contributed by atoms with van der Waals surface area (Å²) in [7, 11) is 0. The van der Waals surface area contributed by atoms with Gasteiger partial charge in [-0.15, -0.1) is 0 Å². The van der Waals surface area contributed by atoms with Crippen molar-refractivity contribution in [2.45, 2.75) is 102 Å². The Balaban J connectivity index is 6.08. The molecule has 0 aliphatic carbocycles. The summed E-state index contributed by atoms with van der Waals surface area (Å²) in [4.78, 5) is 115. The second kappa shape index (κ2) is 22.2. The summed E-state index contributed by atoms with van der Waals surface area (Å²) in [5.74, 6) is -12.8. The molecule has 0 radical (unpaired) electrons. The third kappa shape index (κ3) is 18.1. The number of nitrogens with two attached hydrogens (primary N) is 3. The highest BCUT2D eigenvalue weighted by Gasteiger charge is 2.35. The summed E-state index contributed by atoms with van der Waals surface area (Å²) < 4.78 is 0. The monoisotopic (exact) mass is 731 g/mol. The number of guanidine groups is 1. The fourth-order valence-electron chi connectivity index (χ4n) is 4.23. The first kappa shape index (κ1) is 45.5. The van der Waals surface area contributed by atoms with Gasteiger partial charge < -0.3 is 64.2 Å². The molecule has 288 valence electrons. The summed E-state index contributed by atoms with van der Waals surface area (Å²) >= 11 is 0. The maximum absolute atomic E-state index is 13.3. The first-order valence-electron chi connectivity index (χ1n) is 15.8. The first-order valence-corrected chi connectivity index (χ1v) is 15.8. The molecule has 0 saturated heterocycles. The smallest absolute Gasteiger partial charge is 0.326 e. The van der Waals surface area contributed by atoms with Gasteiger partial charge in [-0.25, -0.2) is 4.79 Å². The van der Waals surface area contributed by atoms with Gasteiger partial charge in [-0.1, -0.05) is 27.7 Å². The van der Waals surface area contributed by atoms with Gasteiger partial charge in [-0.05, 0) is 31.1 Å². The molecule has 0 aromatic heterocycles. The van der Waals surface area contributed by atoms with E-state index in [1.807, 2.05) is 0 Å². The number of nitrogens with one attached hydrogen (secondary N) is 5. The molecule has 0 spiro atoms. The summed E-state index contributed by atoms with van der Waals surface area (Å²) in [6.45, 7) is 6.14. The maximum atomic E-state index is 13.3. The van der Waals surface area contributed by atoms with Crippen molar-refractivity contribution in [3.63, 3.8) is 0 Å². The number of rotatable bonds is 24. The van der Waals surface area contributed by atoms with E-state index in [-0.39, 0.29) is 31.3 Å². The molecule has 22 heteroatoms. The molecule has 0 aliphatic rings. The van der Waals surface area contributed by atoms with Crippen molar-refractivity contribution < 1.29 is 63.6 Å². The molecule has 0 aromatic carbocycles. The molecule has 0 unspecified atom stereocenters. The lowest BCUT2D eigenvalue weighted by molar-refractivity contribution is -0.144. The van der Waals surface area contributed by atoms with Gasteiger partial charge in [-0.3, -0.25) is 43.3 Å². The standard InChI is InChI=1S/C29H49N9O13/c1-12(2)21(30)26(48)34-14(7-8-18(39)40)23(45)36-17(11-20(43)44)25(47)38-22(13(3)4)27(49)37-16(10-19(41)42)24(46)35-15(28(50)51)6-5-9-33-29(31)32/h12-17,21-22H,5-11,30H2,1-4H3,(H,34,48)(H,35,46)(H,36,45)(H,37,49)(H,38,47)(H,39,40)(H,41,42)(H,43,44)(H,50,51)(H4,31,32,33)/t14-,15-,16-,17-,21-,22-/m0/s1. The van der Waals surface area contributed by atoms with Gasteiger partial charge in [0.1, 0.15) is 30.2 Å². The normalized spacial score (nSPS) is 14.4. The van der Waals surface area contributed by atoms with E-state index in [1.54, 1.807) is 13.8 Å². The highest BCUT2D eigenvalue weighted by Crippen LogP contribution is 2.09. The zero-order valence-corrected chi connectivity index (χ0v) is 28.7. The molecule has 0 saturated carbocycles. The molecule has 0 aromatic rings. The Kier molecular flexibility index (Phi) is 19.8. The minimum absolute atomic E-state index is 0.0281. The highest BCUT2D eigenvalue weighted by molar-refractivity contribution is 5.98. The summed E-state index contributed by atoms with van der Waals surface area (Å²) in [5.41, 5.74) is 16.2. The van der Waals surface area contributed by atoms with E-state index in [0.717, 1.165) is 0 Å². The van der Waals surface area contributed by atoms with Crippen LogP contribution in [0.1, 0.15) is 66.2 Å². The number of aliphatic carboxylic acids is 4. The minimum atomic E-state index is -1.87. The van der Waals surface area contributed by atoms with E-state index in [4.69, 9.17) is 22.3 Å². The number of amides is 5. The molecule has 15 N–H and O–H groups in total. The zero-order valence-electron chi connectivity index (χ0n) is 28.7. The summed E-state index contributed by atoms with van der Waals surface area (Å²) in [5, 5.41) is 48.4. The van der Waals surface area contributed by atoms with Gasteiger partial charge in [0.05, 0.1) is 18.9 Å². The Bertz CT molecular complexity index is 1320. The van der Waals surface area contributed by atoms with Gasteiger partial charge in [0, 0.05) is 13.0 Å². The van der Waals surface area contributed by atoms with Crippen molar-refractivity contribution >= 4 is 59.4 Å². The van der Waals surface area contributed by atoms with E-state index in [2.05, 4.69) is 31.6 Å². The van der Waals surface area contributed by atoms with Crippen LogP contribution in [-0.2, 0) is 43.2 Å². The number of hydrogen-bond acceptors (Lipinski definition) is 11. The second-order valence-electron chi connectivity index (χ2n) is 12.2. The van der Waals surface area contributed by atoms with Crippen molar-refractivity contribution in [1.29, 1.82) is 0 Å². The van der Waals surface area contributed by atoms with Crippen LogP contribution in [0.3, 0.4) is 0 Å². The maximum Gasteiger partial charge on any atom is 0.326 e. The predicted molar refractivity (Wildman–Crippen MR) is 176 cm³/mol. The number of carboxylic acid groups (broad SMARTS) is 4. The summed E-state index contributed by atoms with van der Waals surface area (Å²) in [6.07, 6.45) is -3.15. The molecule has 51 heavy (non-hydrogen) atoms. The fraction of sp³-hybridized carbons (Fsp3) is 0.655. The second-order valence-corrected chi connectivity index (χ2v) is 12.2. The number of carboxylic acids is 4. The zero-order chi connectivity index (χ0) is 39.6. The van der Waals surface area contributed by atoms with E-state index < -0.39 is 121 Å². The molecule has 22 nitrogen and oxygen atoms in total. The lowest BCUT2D eigenvalue weighted by Gasteiger charge is -2.28. The Labute approximate surface area is 292 Å². The fourth-order valence-corrected chi connectivity index (χ4v) is 4.23. The molecule has 0 rings (SSSR count). The van der Waals surface area contributed by atoms with Gasteiger partial charge >= 0.3 is 23.9 Å². The van der Waals surface area contributed by atoms with Crippen LogP contribution in [0.4, 0.5) is 0 Å². The van der Waals surface area contributed by atoms with E-state index in [1.165, 1.54) is 13.8 Å². The van der Waals surface area contributed by atoms with Crippen molar-refractivity contribution in [2.24, 2.45) is 34.0 Å². The van der Waals surface area contributed by atoms with Crippen LogP contribution in [0.25, 0.3) is 0 Å². The minimum Gasteiger partial charge on any atom is -0.481 e. The third-order valence-corrected chi connectivity index (χ3v) is 7.13. The van der Waals surface area contributed by atoms with Crippen LogP contribution in [0.2, 0.25) is 0 Å². The molecular weight excluding hydrogens is 682 g/mol. The quantitative estimate of drug-likeness (QED) is 0.0256. The van der Waals surface area contributed by atoms with E-state index in [0.29, 0.717) is 0 Å². The molecule has 0 aliphatic heterocycles. The molecule has 0 heterocycles. The van der Waals surface area contributed by atoms with Crippen molar-refractivity contribution in [3.8, 4) is 0 Å². The summed E-state index contributed by atoms with van der Waals surface area (Å²) in [6, 6.07) is -9.43. The van der Waals surface area contributed by atoms with Gasteiger partial charge in [0.25, 0.3) is 0 Å².